The Morgan fingerprint density at radius 2 is 1.59 bits per heavy atom. The zero-order valence-electron chi connectivity index (χ0n) is 19.2. The summed E-state index contributed by atoms with van der Waals surface area (Å²) < 4.78 is 6.34. The number of fused-ring (bicyclic) bond motifs is 1. The second-order valence-electron chi connectivity index (χ2n) is 9.28. The van der Waals surface area contributed by atoms with Gasteiger partial charge in [0.05, 0.1) is 6.54 Å². The molecule has 5 heteroatoms. The Balaban J connectivity index is 1.40. The van der Waals surface area contributed by atoms with Gasteiger partial charge in [0, 0.05) is 43.9 Å². The number of carbonyl (C=O) groups excluding carboxylic acids is 1. The molecule has 0 unspecified atom stereocenters. The van der Waals surface area contributed by atoms with Crippen molar-refractivity contribution in [2.24, 2.45) is 0 Å². The third kappa shape index (κ3) is 3.87. The number of nitrogens with zero attached hydrogens (tertiary/aromatic N) is 3. The Bertz CT molecular complexity index is 1130. The Morgan fingerprint density at radius 3 is 2.34 bits per heavy atom. The van der Waals surface area contributed by atoms with E-state index in [1.807, 2.05) is 25.2 Å². The smallest absolute Gasteiger partial charge is 0.254 e. The Kier molecular flexibility index (Phi) is 5.62. The van der Waals surface area contributed by atoms with E-state index in [0.29, 0.717) is 12.6 Å². The average molecular weight is 430 g/mol. The molecule has 2 aliphatic rings. The van der Waals surface area contributed by atoms with Crippen molar-refractivity contribution in [3.05, 3.63) is 71.5 Å². The molecule has 2 aliphatic heterocycles. The minimum Gasteiger partial charge on any atom is -0.460 e. The molecule has 3 heterocycles. The van der Waals surface area contributed by atoms with Gasteiger partial charge < -0.3 is 14.2 Å². The second kappa shape index (κ2) is 8.57. The van der Waals surface area contributed by atoms with E-state index >= 15 is 0 Å². The van der Waals surface area contributed by atoms with Gasteiger partial charge in [-0.05, 0) is 61.8 Å². The van der Waals surface area contributed by atoms with Crippen molar-refractivity contribution in [3.8, 4) is 22.5 Å². The van der Waals surface area contributed by atoms with Crippen molar-refractivity contribution < 1.29 is 9.21 Å². The van der Waals surface area contributed by atoms with Crippen LogP contribution in [-0.2, 0) is 13.1 Å². The quantitative estimate of drug-likeness (QED) is 0.588. The lowest BCUT2D eigenvalue weighted by Gasteiger charge is -2.34. The van der Waals surface area contributed by atoms with E-state index in [0.717, 1.165) is 59.0 Å². The largest absolute Gasteiger partial charge is 0.460 e. The number of amides is 1. The maximum atomic E-state index is 12.5. The zero-order chi connectivity index (χ0) is 22.2. The summed E-state index contributed by atoms with van der Waals surface area (Å²) in [6.07, 6.45) is 2.41. The molecule has 1 saturated heterocycles. The molecule has 0 N–H and O–H groups in total. The SMILES string of the molecule is CN1Cc2c(cccc2-c2ccccc2-c2ccc(CN3CCC(N(C)C)CC3)o2)C1=O. The second-order valence-corrected chi connectivity index (χ2v) is 9.28. The predicted octanol–water partition coefficient (Wildman–Crippen LogP) is 4.73. The maximum Gasteiger partial charge on any atom is 0.254 e. The van der Waals surface area contributed by atoms with Crippen molar-refractivity contribution in [2.75, 3.05) is 34.2 Å². The Hall–Kier alpha value is -2.89. The monoisotopic (exact) mass is 429 g/mol. The zero-order valence-corrected chi connectivity index (χ0v) is 19.2. The first-order valence-corrected chi connectivity index (χ1v) is 11.5. The van der Waals surface area contributed by atoms with E-state index in [-0.39, 0.29) is 5.91 Å². The predicted molar refractivity (Wildman–Crippen MR) is 127 cm³/mol. The Labute approximate surface area is 190 Å². The molecule has 3 aromatic rings. The number of likely N-dealkylation sites (tertiary alicyclic amines) is 1. The van der Waals surface area contributed by atoms with Crippen molar-refractivity contribution in [3.63, 3.8) is 0 Å². The fraction of sp³-hybridized carbons (Fsp3) is 0.370. The number of benzene rings is 2. The Morgan fingerprint density at radius 1 is 0.906 bits per heavy atom. The van der Waals surface area contributed by atoms with Crippen LogP contribution in [0.3, 0.4) is 0 Å². The van der Waals surface area contributed by atoms with Gasteiger partial charge in [0.1, 0.15) is 11.5 Å². The van der Waals surface area contributed by atoms with Gasteiger partial charge in [0.2, 0.25) is 0 Å². The van der Waals surface area contributed by atoms with Crippen LogP contribution in [-0.4, -0.2) is 60.9 Å². The van der Waals surface area contributed by atoms with E-state index in [4.69, 9.17) is 4.42 Å². The van der Waals surface area contributed by atoms with Crippen molar-refractivity contribution in [2.45, 2.75) is 32.0 Å². The van der Waals surface area contributed by atoms with E-state index in [9.17, 15) is 4.79 Å². The van der Waals surface area contributed by atoms with Gasteiger partial charge in [0.15, 0.2) is 0 Å². The average Bonchev–Trinajstić information content (AvgIpc) is 3.38. The van der Waals surface area contributed by atoms with Gasteiger partial charge in [0.25, 0.3) is 5.91 Å². The molecule has 0 radical (unpaired) electrons. The molecule has 1 fully saturated rings. The summed E-state index contributed by atoms with van der Waals surface area (Å²) in [5.41, 5.74) is 5.20. The first-order valence-electron chi connectivity index (χ1n) is 11.5. The first-order chi connectivity index (χ1) is 15.5. The van der Waals surface area contributed by atoms with Gasteiger partial charge in [-0.2, -0.15) is 0 Å². The molecule has 0 bridgehead atoms. The highest BCUT2D eigenvalue weighted by Crippen LogP contribution is 2.38. The van der Waals surface area contributed by atoms with Gasteiger partial charge in [-0.3, -0.25) is 9.69 Å². The summed E-state index contributed by atoms with van der Waals surface area (Å²) in [5.74, 6) is 1.98. The third-order valence-corrected chi connectivity index (χ3v) is 6.96. The third-order valence-electron chi connectivity index (χ3n) is 6.96. The van der Waals surface area contributed by atoms with E-state index in [1.54, 1.807) is 4.90 Å². The molecule has 2 aromatic carbocycles. The fourth-order valence-corrected chi connectivity index (χ4v) is 5.08. The highest BCUT2D eigenvalue weighted by molar-refractivity contribution is 6.01. The van der Waals surface area contributed by atoms with Crippen molar-refractivity contribution >= 4 is 5.91 Å². The summed E-state index contributed by atoms with van der Waals surface area (Å²) in [4.78, 5) is 19.1. The number of rotatable bonds is 5. The highest BCUT2D eigenvalue weighted by atomic mass is 16.3. The first kappa shape index (κ1) is 21.0. The number of hydrogen-bond donors (Lipinski definition) is 0. The van der Waals surface area contributed by atoms with Crippen LogP contribution in [0.5, 0.6) is 0 Å². The van der Waals surface area contributed by atoms with Gasteiger partial charge in [-0.1, -0.05) is 36.4 Å². The molecule has 1 amide bonds. The van der Waals surface area contributed by atoms with Crippen LogP contribution in [0.15, 0.2) is 59.0 Å². The van der Waals surface area contributed by atoms with Gasteiger partial charge in [-0.15, -0.1) is 0 Å². The molecule has 0 atom stereocenters. The summed E-state index contributed by atoms with van der Waals surface area (Å²) in [5, 5.41) is 0. The molecule has 5 rings (SSSR count). The van der Waals surface area contributed by atoms with Gasteiger partial charge in [-0.25, -0.2) is 0 Å². The maximum absolute atomic E-state index is 12.5. The van der Waals surface area contributed by atoms with Crippen LogP contribution in [0.1, 0.15) is 34.5 Å². The number of piperidine rings is 1. The summed E-state index contributed by atoms with van der Waals surface area (Å²) in [7, 11) is 6.21. The minimum atomic E-state index is 0.0950. The summed E-state index contributed by atoms with van der Waals surface area (Å²) >= 11 is 0. The van der Waals surface area contributed by atoms with E-state index in [1.165, 1.54) is 12.8 Å². The lowest BCUT2D eigenvalue weighted by molar-refractivity contribution is 0.0816. The lowest BCUT2D eigenvalue weighted by atomic mass is 9.92. The molecule has 32 heavy (non-hydrogen) atoms. The molecule has 166 valence electrons. The molecule has 0 aliphatic carbocycles. The van der Waals surface area contributed by atoms with Crippen LogP contribution >= 0.6 is 0 Å². The molecular formula is C27H31N3O2. The molecule has 1 aromatic heterocycles. The van der Waals surface area contributed by atoms with Crippen LogP contribution in [0, 0.1) is 0 Å². The van der Waals surface area contributed by atoms with E-state index < -0.39 is 0 Å². The molecular weight excluding hydrogens is 398 g/mol. The topological polar surface area (TPSA) is 39.9 Å². The van der Waals surface area contributed by atoms with Crippen LogP contribution in [0.25, 0.3) is 22.5 Å². The molecule has 5 nitrogen and oxygen atoms in total. The van der Waals surface area contributed by atoms with Crippen molar-refractivity contribution in [1.29, 1.82) is 0 Å². The number of hydrogen-bond acceptors (Lipinski definition) is 4. The van der Waals surface area contributed by atoms with Crippen LogP contribution in [0.2, 0.25) is 0 Å². The summed E-state index contributed by atoms with van der Waals surface area (Å²) in [6, 6.07) is 19.2. The normalized spacial score (nSPS) is 17.4. The minimum absolute atomic E-state index is 0.0950. The number of carbonyl (C=O) groups is 1. The van der Waals surface area contributed by atoms with Crippen LogP contribution < -0.4 is 0 Å². The van der Waals surface area contributed by atoms with Gasteiger partial charge >= 0.3 is 0 Å². The fourth-order valence-electron chi connectivity index (χ4n) is 5.08. The standard InChI is InChI=1S/C27H31N3O2/c1-28(2)19-13-15-30(16-14-19)17-20-11-12-26(32-20)23-8-5-4-7-21(23)22-9-6-10-24-25(22)18-29(3)27(24)31/h4-12,19H,13-18H2,1-3H3. The van der Waals surface area contributed by atoms with E-state index in [2.05, 4.69) is 60.3 Å². The summed E-state index contributed by atoms with van der Waals surface area (Å²) in [6.45, 7) is 3.70. The highest BCUT2D eigenvalue weighted by Gasteiger charge is 2.28. The number of furan rings is 1. The van der Waals surface area contributed by atoms with Crippen LogP contribution in [0.4, 0.5) is 0 Å². The van der Waals surface area contributed by atoms with Crippen molar-refractivity contribution in [1.82, 2.24) is 14.7 Å². The molecule has 0 saturated carbocycles. The lowest BCUT2D eigenvalue weighted by Crippen LogP contribution is -2.41. The molecule has 0 spiro atoms.